The molecule has 1 N–H and O–H groups in total. The van der Waals surface area contributed by atoms with Gasteiger partial charge in [0.05, 0.1) is 17.6 Å². The third kappa shape index (κ3) is 4.22. The molecule has 1 saturated heterocycles. The Kier molecular flexibility index (Phi) is 5.83. The summed E-state index contributed by atoms with van der Waals surface area (Å²) < 4.78 is 44.6. The summed E-state index contributed by atoms with van der Waals surface area (Å²) in [6, 6.07) is 9.64. The van der Waals surface area contributed by atoms with Crippen LogP contribution in [-0.2, 0) is 16.6 Å². The van der Waals surface area contributed by atoms with Crippen LogP contribution in [0.15, 0.2) is 41.3 Å². The highest BCUT2D eigenvalue weighted by Crippen LogP contribution is 2.31. The number of hydrogen-bond acceptors (Lipinski definition) is 6. The van der Waals surface area contributed by atoms with Crippen molar-refractivity contribution >= 4 is 15.9 Å². The highest BCUT2D eigenvalue weighted by molar-refractivity contribution is 7.89. The fraction of sp³-hybridized carbons (Fsp3) is 0.381. The number of ether oxygens (including phenoxy) is 3. The lowest BCUT2D eigenvalue weighted by molar-refractivity contribution is 0.0789. The molecule has 2 aromatic rings. The van der Waals surface area contributed by atoms with Crippen LogP contribution in [-0.4, -0.2) is 52.6 Å². The largest absolute Gasteiger partial charge is 0.496 e. The number of fused-ring (bicyclic) bond motifs is 1. The first-order valence-corrected chi connectivity index (χ1v) is 11.3. The predicted molar refractivity (Wildman–Crippen MR) is 110 cm³/mol. The zero-order chi connectivity index (χ0) is 21.1. The van der Waals surface area contributed by atoms with Crippen molar-refractivity contribution in [2.45, 2.75) is 24.3 Å². The first kappa shape index (κ1) is 20.5. The Morgan fingerprint density at radius 3 is 2.53 bits per heavy atom. The van der Waals surface area contributed by atoms with E-state index < -0.39 is 10.0 Å². The number of sulfonamides is 1. The number of hydrogen-bond donors (Lipinski definition) is 1. The van der Waals surface area contributed by atoms with Crippen molar-refractivity contribution in [2.75, 3.05) is 33.4 Å². The van der Waals surface area contributed by atoms with Crippen LogP contribution >= 0.6 is 0 Å². The van der Waals surface area contributed by atoms with Crippen LogP contribution in [0.25, 0.3) is 0 Å². The number of rotatable bonds is 6. The minimum atomic E-state index is -3.83. The molecule has 8 nitrogen and oxygen atoms in total. The Balaban J connectivity index is 1.53. The minimum absolute atomic E-state index is 0.0170. The molecule has 2 aromatic carbocycles. The van der Waals surface area contributed by atoms with Gasteiger partial charge in [-0.1, -0.05) is 6.07 Å². The quantitative estimate of drug-likeness (QED) is 0.752. The molecular formula is C21H24N2O6S. The third-order valence-electron chi connectivity index (χ3n) is 5.18. The maximum atomic E-state index is 12.9. The van der Waals surface area contributed by atoms with Crippen LogP contribution in [0.4, 0.5) is 0 Å². The Morgan fingerprint density at radius 1 is 1.07 bits per heavy atom. The molecule has 0 radical (unpaired) electrons. The zero-order valence-electron chi connectivity index (χ0n) is 16.7. The molecule has 0 spiro atoms. The summed E-state index contributed by atoms with van der Waals surface area (Å²) >= 11 is 0. The van der Waals surface area contributed by atoms with Gasteiger partial charge in [0, 0.05) is 19.6 Å². The molecule has 1 amide bonds. The molecule has 0 unspecified atom stereocenters. The summed E-state index contributed by atoms with van der Waals surface area (Å²) in [6.45, 7) is 2.37. The van der Waals surface area contributed by atoms with Crippen LogP contribution in [0.1, 0.15) is 28.8 Å². The number of nitrogens with one attached hydrogen (secondary N) is 1. The van der Waals surface area contributed by atoms with Gasteiger partial charge < -0.3 is 19.1 Å². The van der Waals surface area contributed by atoms with Gasteiger partial charge in [-0.3, -0.25) is 4.79 Å². The Labute approximate surface area is 175 Å². The molecule has 0 aromatic heterocycles. The maximum Gasteiger partial charge on any atom is 0.257 e. The summed E-state index contributed by atoms with van der Waals surface area (Å²) in [5, 5.41) is 0. The standard InChI is InChI=1S/C21H24N2O6S/c1-27-18-7-5-16(13-17(18)21(24)23-8-2-3-9-23)30(25,26)22-14-15-4-6-19-20(12-15)29-11-10-28-19/h4-7,12-13,22H,2-3,8-11,14H2,1H3. The fourth-order valence-corrected chi connectivity index (χ4v) is 4.61. The fourth-order valence-electron chi connectivity index (χ4n) is 3.57. The van der Waals surface area contributed by atoms with E-state index in [9.17, 15) is 13.2 Å². The highest BCUT2D eigenvalue weighted by Gasteiger charge is 2.25. The van der Waals surface area contributed by atoms with Crippen molar-refractivity contribution in [1.29, 1.82) is 0 Å². The number of methoxy groups -OCH3 is 1. The molecule has 4 rings (SSSR count). The minimum Gasteiger partial charge on any atom is -0.496 e. The normalized spacial score (nSPS) is 15.8. The van der Waals surface area contributed by atoms with Gasteiger partial charge in [-0.2, -0.15) is 0 Å². The maximum absolute atomic E-state index is 12.9. The molecular weight excluding hydrogens is 408 g/mol. The lowest BCUT2D eigenvalue weighted by Crippen LogP contribution is -2.29. The first-order valence-electron chi connectivity index (χ1n) is 9.83. The van der Waals surface area contributed by atoms with Crippen LogP contribution in [0.3, 0.4) is 0 Å². The zero-order valence-corrected chi connectivity index (χ0v) is 17.5. The van der Waals surface area contributed by atoms with Crippen molar-refractivity contribution in [2.24, 2.45) is 0 Å². The van der Waals surface area contributed by atoms with E-state index in [1.165, 1.54) is 25.3 Å². The van der Waals surface area contributed by atoms with Crippen molar-refractivity contribution in [3.63, 3.8) is 0 Å². The average molecular weight is 432 g/mol. The molecule has 30 heavy (non-hydrogen) atoms. The predicted octanol–water partition coefficient (Wildman–Crippen LogP) is 2.18. The monoisotopic (exact) mass is 432 g/mol. The molecule has 0 saturated carbocycles. The second-order valence-corrected chi connectivity index (χ2v) is 8.93. The van der Waals surface area contributed by atoms with Gasteiger partial charge in [0.1, 0.15) is 19.0 Å². The van der Waals surface area contributed by atoms with E-state index in [0.29, 0.717) is 43.6 Å². The lowest BCUT2D eigenvalue weighted by Gasteiger charge is -2.19. The van der Waals surface area contributed by atoms with E-state index in [1.807, 2.05) is 0 Å². The van der Waals surface area contributed by atoms with Crippen molar-refractivity contribution < 1.29 is 27.4 Å². The molecule has 2 aliphatic heterocycles. The number of likely N-dealkylation sites (tertiary alicyclic amines) is 1. The smallest absolute Gasteiger partial charge is 0.257 e. The van der Waals surface area contributed by atoms with Gasteiger partial charge in [-0.05, 0) is 48.7 Å². The van der Waals surface area contributed by atoms with Gasteiger partial charge >= 0.3 is 0 Å². The van der Waals surface area contributed by atoms with Crippen LogP contribution in [0, 0.1) is 0 Å². The summed E-state index contributed by atoms with van der Waals surface area (Å²) in [5.74, 6) is 1.39. The van der Waals surface area contributed by atoms with E-state index >= 15 is 0 Å². The molecule has 9 heteroatoms. The van der Waals surface area contributed by atoms with E-state index in [-0.39, 0.29) is 22.9 Å². The van der Waals surface area contributed by atoms with E-state index in [0.717, 1.165) is 18.4 Å². The Morgan fingerprint density at radius 2 is 1.80 bits per heavy atom. The number of benzene rings is 2. The summed E-state index contributed by atoms with van der Waals surface area (Å²) in [4.78, 5) is 14.6. The first-order chi connectivity index (χ1) is 14.5. The molecule has 160 valence electrons. The average Bonchev–Trinajstić information content (AvgIpc) is 3.31. The molecule has 1 fully saturated rings. The second-order valence-electron chi connectivity index (χ2n) is 7.16. The van der Waals surface area contributed by atoms with Gasteiger partial charge in [0.15, 0.2) is 11.5 Å². The molecule has 2 heterocycles. The molecule has 0 aliphatic carbocycles. The second kappa shape index (κ2) is 8.53. The van der Waals surface area contributed by atoms with Crippen molar-refractivity contribution in [1.82, 2.24) is 9.62 Å². The van der Waals surface area contributed by atoms with E-state index in [1.54, 1.807) is 23.1 Å². The Bertz CT molecular complexity index is 1050. The number of carbonyl (C=O) groups excluding carboxylic acids is 1. The van der Waals surface area contributed by atoms with Crippen LogP contribution in [0.5, 0.6) is 17.2 Å². The number of nitrogens with zero attached hydrogens (tertiary/aromatic N) is 1. The van der Waals surface area contributed by atoms with E-state index in [4.69, 9.17) is 14.2 Å². The van der Waals surface area contributed by atoms with Crippen molar-refractivity contribution in [3.05, 3.63) is 47.5 Å². The lowest BCUT2D eigenvalue weighted by atomic mass is 10.1. The van der Waals surface area contributed by atoms with Crippen LogP contribution < -0.4 is 18.9 Å². The Hall–Kier alpha value is -2.78. The molecule has 2 aliphatic rings. The molecule has 0 atom stereocenters. The molecule has 0 bridgehead atoms. The SMILES string of the molecule is COc1ccc(S(=O)(=O)NCc2ccc3c(c2)OCCO3)cc1C(=O)N1CCCC1. The van der Waals surface area contributed by atoms with Crippen LogP contribution in [0.2, 0.25) is 0 Å². The number of carbonyl (C=O) groups is 1. The van der Waals surface area contributed by atoms with Gasteiger partial charge in [-0.25, -0.2) is 13.1 Å². The van der Waals surface area contributed by atoms with Gasteiger partial charge in [-0.15, -0.1) is 0 Å². The van der Waals surface area contributed by atoms with E-state index in [2.05, 4.69) is 4.72 Å². The number of amides is 1. The van der Waals surface area contributed by atoms with Gasteiger partial charge in [0.25, 0.3) is 5.91 Å². The van der Waals surface area contributed by atoms with Crippen molar-refractivity contribution in [3.8, 4) is 17.2 Å². The third-order valence-corrected chi connectivity index (χ3v) is 6.58. The topological polar surface area (TPSA) is 94.2 Å². The van der Waals surface area contributed by atoms with Gasteiger partial charge in [0.2, 0.25) is 10.0 Å². The summed E-state index contributed by atoms with van der Waals surface area (Å²) in [5.41, 5.74) is 0.992. The summed E-state index contributed by atoms with van der Waals surface area (Å²) in [7, 11) is -2.37. The highest BCUT2D eigenvalue weighted by atomic mass is 32.2. The summed E-state index contributed by atoms with van der Waals surface area (Å²) in [6.07, 6.45) is 1.90.